The van der Waals surface area contributed by atoms with E-state index in [0.717, 1.165) is 40.3 Å². The average Bonchev–Trinajstić information content (AvgIpc) is 3.44. The highest BCUT2D eigenvalue weighted by atomic mass is 32.1. The summed E-state index contributed by atoms with van der Waals surface area (Å²) in [7, 11) is 0. The summed E-state index contributed by atoms with van der Waals surface area (Å²) in [6.45, 7) is 4.81. The van der Waals surface area contributed by atoms with Crippen LogP contribution in [0.4, 0.5) is 11.4 Å². The number of aromatic nitrogens is 1. The maximum absolute atomic E-state index is 11.0. The smallest absolute Gasteiger partial charge is 0.269 e. The standard InChI is InChI=1S/C24H23N3O3S/c1-3-17-7-5-8-18(4-2)23(17)25-24-26(15-21-9-6-14-30-21)22(16-31-24)19-10-12-20(13-11-19)27(28)29/h5-14,16H,3-4,15H2,1-2H3. The van der Waals surface area contributed by atoms with Crippen molar-refractivity contribution in [1.29, 1.82) is 0 Å². The molecule has 0 aliphatic heterocycles. The molecule has 0 saturated carbocycles. The maximum atomic E-state index is 11.0. The van der Waals surface area contributed by atoms with Gasteiger partial charge in [-0.1, -0.05) is 32.0 Å². The molecular weight excluding hydrogens is 410 g/mol. The van der Waals surface area contributed by atoms with Crippen LogP contribution in [0.2, 0.25) is 0 Å². The fourth-order valence-electron chi connectivity index (χ4n) is 3.57. The van der Waals surface area contributed by atoms with E-state index in [1.807, 2.05) is 17.5 Å². The van der Waals surface area contributed by atoms with Crippen molar-refractivity contribution in [3.05, 3.63) is 98.0 Å². The lowest BCUT2D eigenvalue weighted by molar-refractivity contribution is -0.384. The molecule has 2 heterocycles. The molecule has 0 fully saturated rings. The van der Waals surface area contributed by atoms with Gasteiger partial charge in [0.15, 0.2) is 4.80 Å². The van der Waals surface area contributed by atoms with Crippen LogP contribution in [0.25, 0.3) is 11.3 Å². The van der Waals surface area contributed by atoms with Gasteiger partial charge in [0.2, 0.25) is 0 Å². The van der Waals surface area contributed by atoms with Crippen LogP contribution in [0.3, 0.4) is 0 Å². The number of nitrogens with zero attached hydrogens (tertiary/aromatic N) is 3. The molecule has 0 N–H and O–H groups in total. The highest BCUT2D eigenvalue weighted by Gasteiger charge is 2.13. The molecule has 0 amide bonds. The summed E-state index contributed by atoms with van der Waals surface area (Å²) in [6, 6.07) is 16.8. The van der Waals surface area contributed by atoms with E-state index >= 15 is 0 Å². The molecule has 0 saturated heterocycles. The van der Waals surface area contributed by atoms with Crippen molar-refractivity contribution < 1.29 is 9.34 Å². The summed E-state index contributed by atoms with van der Waals surface area (Å²) >= 11 is 1.56. The van der Waals surface area contributed by atoms with Crippen LogP contribution >= 0.6 is 11.3 Å². The van der Waals surface area contributed by atoms with Crippen LogP contribution < -0.4 is 4.80 Å². The van der Waals surface area contributed by atoms with Gasteiger partial charge < -0.3 is 8.98 Å². The second-order valence-corrected chi connectivity index (χ2v) is 7.95. The normalized spacial score (nSPS) is 11.7. The van der Waals surface area contributed by atoms with E-state index in [-0.39, 0.29) is 10.6 Å². The molecule has 2 aromatic carbocycles. The minimum absolute atomic E-state index is 0.0749. The Morgan fingerprint density at radius 2 is 1.74 bits per heavy atom. The molecule has 31 heavy (non-hydrogen) atoms. The summed E-state index contributed by atoms with van der Waals surface area (Å²) in [6.07, 6.45) is 3.48. The molecule has 0 bridgehead atoms. The van der Waals surface area contributed by atoms with E-state index in [1.165, 1.54) is 23.3 Å². The van der Waals surface area contributed by atoms with Gasteiger partial charge in [-0.25, -0.2) is 4.99 Å². The summed E-state index contributed by atoms with van der Waals surface area (Å²) in [5.74, 6) is 0.822. The molecule has 0 radical (unpaired) electrons. The van der Waals surface area contributed by atoms with E-state index in [4.69, 9.17) is 9.41 Å². The lowest BCUT2D eigenvalue weighted by Crippen LogP contribution is -2.16. The van der Waals surface area contributed by atoms with Gasteiger partial charge in [-0.2, -0.15) is 0 Å². The summed E-state index contributed by atoms with van der Waals surface area (Å²) in [4.78, 5) is 16.6. The molecule has 0 unspecified atom stereocenters. The van der Waals surface area contributed by atoms with Gasteiger partial charge in [0.05, 0.1) is 29.1 Å². The second kappa shape index (κ2) is 9.14. The predicted molar refractivity (Wildman–Crippen MR) is 123 cm³/mol. The molecule has 0 atom stereocenters. The molecule has 0 spiro atoms. The van der Waals surface area contributed by atoms with Crippen molar-refractivity contribution in [1.82, 2.24) is 4.57 Å². The number of benzene rings is 2. The Labute approximate surface area is 184 Å². The first-order valence-electron chi connectivity index (χ1n) is 10.2. The number of furan rings is 1. The Balaban J connectivity index is 1.88. The van der Waals surface area contributed by atoms with E-state index < -0.39 is 0 Å². The molecule has 2 aromatic heterocycles. The fourth-order valence-corrected chi connectivity index (χ4v) is 4.48. The van der Waals surface area contributed by atoms with Gasteiger partial charge in [-0.3, -0.25) is 10.1 Å². The number of nitro benzene ring substituents is 1. The van der Waals surface area contributed by atoms with Crippen LogP contribution in [-0.2, 0) is 19.4 Å². The molecule has 4 rings (SSSR count). The first-order chi connectivity index (χ1) is 15.1. The van der Waals surface area contributed by atoms with Gasteiger partial charge in [0.25, 0.3) is 5.69 Å². The topological polar surface area (TPSA) is 73.6 Å². The highest BCUT2D eigenvalue weighted by molar-refractivity contribution is 7.07. The number of hydrogen-bond acceptors (Lipinski definition) is 5. The number of nitro groups is 1. The number of hydrogen-bond donors (Lipinski definition) is 0. The van der Waals surface area contributed by atoms with Crippen LogP contribution in [0, 0.1) is 10.1 Å². The Hall–Kier alpha value is -3.45. The summed E-state index contributed by atoms with van der Waals surface area (Å²) in [5, 5.41) is 13.1. The third-order valence-electron chi connectivity index (χ3n) is 5.24. The molecule has 158 valence electrons. The third-order valence-corrected chi connectivity index (χ3v) is 6.10. The number of para-hydroxylation sites is 1. The zero-order valence-corrected chi connectivity index (χ0v) is 18.3. The molecule has 0 aliphatic rings. The monoisotopic (exact) mass is 433 g/mol. The number of thiazole rings is 1. The van der Waals surface area contributed by atoms with Crippen LogP contribution in [0.15, 0.2) is 75.7 Å². The average molecular weight is 434 g/mol. The largest absolute Gasteiger partial charge is 0.467 e. The molecule has 0 aliphatic carbocycles. The lowest BCUT2D eigenvalue weighted by atomic mass is 10.0. The fraction of sp³-hybridized carbons (Fsp3) is 0.208. The Morgan fingerprint density at radius 1 is 1.03 bits per heavy atom. The maximum Gasteiger partial charge on any atom is 0.269 e. The first-order valence-corrected chi connectivity index (χ1v) is 11.1. The quantitative estimate of drug-likeness (QED) is 0.260. The minimum atomic E-state index is -0.386. The molecule has 6 nitrogen and oxygen atoms in total. The van der Waals surface area contributed by atoms with Gasteiger partial charge in [0, 0.05) is 17.5 Å². The Bertz CT molecular complexity index is 1230. The van der Waals surface area contributed by atoms with Crippen molar-refractivity contribution >= 4 is 22.7 Å². The van der Waals surface area contributed by atoms with Crippen molar-refractivity contribution in [2.75, 3.05) is 0 Å². The molecule has 7 heteroatoms. The Morgan fingerprint density at radius 3 is 2.32 bits per heavy atom. The number of rotatable bonds is 7. The molecule has 4 aromatic rings. The zero-order chi connectivity index (χ0) is 21.8. The van der Waals surface area contributed by atoms with Crippen molar-refractivity contribution in [2.45, 2.75) is 33.2 Å². The second-order valence-electron chi connectivity index (χ2n) is 7.12. The van der Waals surface area contributed by atoms with Crippen molar-refractivity contribution in [3.63, 3.8) is 0 Å². The Kier molecular flexibility index (Phi) is 6.13. The van der Waals surface area contributed by atoms with Crippen LogP contribution in [-0.4, -0.2) is 9.49 Å². The van der Waals surface area contributed by atoms with Crippen molar-refractivity contribution in [2.24, 2.45) is 4.99 Å². The van der Waals surface area contributed by atoms with E-state index in [1.54, 1.807) is 29.7 Å². The van der Waals surface area contributed by atoms with Gasteiger partial charge in [0.1, 0.15) is 5.76 Å². The van der Waals surface area contributed by atoms with E-state index in [9.17, 15) is 10.1 Å². The summed E-state index contributed by atoms with van der Waals surface area (Å²) in [5.41, 5.74) is 5.38. The minimum Gasteiger partial charge on any atom is -0.467 e. The van der Waals surface area contributed by atoms with E-state index in [2.05, 4.69) is 36.6 Å². The number of aryl methyl sites for hydroxylation is 2. The van der Waals surface area contributed by atoms with Crippen LogP contribution in [0.1, 0.15) is 30.7 Å². The third kappa shape index (κ3) is 4.36. The number of non-ortho nitro benzene ring substituents is 1. The SMILES string of the molecule is CCc1cccc(CC)c1N=c1scc(-c2ccc([N+](=O)[O-])cc2)n1Cc1ccco1. The van der Waals surface area contributed by atoms with Crippen LogP contribution in [0.5, 0.6) is 0 Å². The van der Waals surface area contributed by atoms with Gasteiger partial charge in [-0.15, -0.1) is 11.3 Å². The van der Waals surface area contributed by atoms with E-state index in [0.29, 0.717) is 6.54 Å². The highest BCUT2D eigenvalue weighted by Crippen LogP contribution is 2.27. The predicted octanol–water partition coefficient (Wildman–Crippen LogP) is 6.12. The van der Waals surface area contributed by atoms with Crippen molar-refractivity contribution in [3.8, 4) is 11.3 Å². The molecular formula is C24H23N3O3S. The first kappa shape index (κ1) is 20.8. The zero-order valence-electron chi connectivity index (χ0n) is 17.4. The van der Waals surface area contributed by atoms with Gasteiger partial charge in [-0.05, 0) is 53.8 Å². The summed E-state index contributed by atoms with van der Waals surface area (Å²) < 4.78 is 7.70. The lowest BCUT2D eigenvalue weighted by Gasteiger charge is -2.10. The van der Waals surface area contributed by atoms with Gasteiger partial charge >= 0.3 is 0 Å².